The van der Waals surface area contributed by atoms with Gasteiger partial charge in [-0.25, -0.2) is 4.79 Å². The van der Waals surface area contributed by atoms with Crippen molar-refractivity contribution in [2.75, 3.05) is 57.8 Å². The molecular weight excluding hydrogens is 354 g/mol. The fraction of sp³-hybridized carbons (Fsp3) is 0.682. The van der Waals surface area contributed by atoms with Crippen molar-refractivity contribution in [3.63, 3.8) is 0 Å². The first-order valence-electron chi connectivity index (χ1n) is 10.8. The predicted octanol–water partition coefficient (Wildman–Crippen LogP) is 4.22. The van der Waals surface area contributed by atoms with Gasteiger partial charge in [-0.15, -0.1) is 0 Å². The molecule has 1 aromatic carbocycles. The van der Waals surface area contributed by atoms with Crippen LogP contribution in [0.5, 0.6) is 5.75 Å². The van der Waals surface area contributed by atoms with Crippen LogP contribution in [0.25, 0.3) is 0 Å². The van der Waals surface area contributed by atoms with Crippen LogP contribution in [0.2, 0.25) is 0 Å². The van der Waals surface area contributed by atoms with Gasteiger partial charge in [0.15, 0.2) is 0 Å². The molecule has 1 amide bonds. The number of unbranched alkanes of at least 4 members (excludes halogenated alkanes) is 4. The molecule has 1 saturated heterocycles. The highest BCUT2D eigenvalue weighted by atomic mass is 16.5. The average Bonchev–Trinajstić information content (AvgIpc) is 2.72. The van der Waals surface area contributed by atoms with E-state index in [2.05, 4.69) is 29.0 Å². The second-order valence-electron chi connectivity index (χ2n) is 7.30. The topological polar surface area (TPSA) is 54.0 Å². The summed E-state index contributed by atoms with van der Waals surface area (Å²) in [5.41, 5.74) is 0.664. The zero-order chi connectivity index (χ0) is 20.0. The molecule has 1 fully saturated rings. The minimum absolute atomic E-state index is 0.401. The van der Waals surface area contributed by atoms with Crippen molar-refractivity contribution in [2.24, 2.45) is 0 Å². The van der Waals surface area contributed by atoms with Crippen molar-refractivity contribution < 1.29 is 14.3 Å². The Kier molecular flexibility index (Phi) is 10.8. The van der Waals surface area contributed by atoms with E-state index in [1.54, 1.807) is 0 Å². The van der Waals surface area contributed by atoms with Crippen LogP contribution in [0.3, 0.4) is 0 Å². The lowest BCUT2D eigenvalue weighted by molar-refractivity contribution is 0.103. The van der Waals surface area contributed by atoms with Crippen LogP contribution in [0.1, 0.15) is 46.0 Å². The third-order valence-electron chi connectivity index (χ3n) is 5.18. The summed E-state index contributed by atoms with van der Waals surface area (Å²) in [5.74, 6) is 0.700. The van der Waals surface area contributed by atoms with Crippen LogP contribution < -0.4 is 10.1 Å². The summed E-state index contributed by atoms with van der Waals surface area (Å²) in [5, 5.41) is 2.81. The summed E-state index contributed by atoms with van der Waals surface area (Å²) in [4.78, 5) is 16.9. The van der Waals surface area contributed by atoms with Crippen LogP contribution in [0.4, 0.5) is 10.5 Å². The lowest BCUT2D eigenvalue weighted by Crippen LogP contribution is -2.47. The Balaban J connectivity index is 1.66. The predicted molar refractivity (Wildman–Crippen MR) is 114 cm³/mol. The zero-order valence-corrected chi connectivity index (χ0v) is 17.6. The third-order valence-corrected chi connectivity index (χ3v) is 5.18. The summed E-state index contributed by atoms with van der Waals surface area (Å²) in [6.07, 6.45) is 5.55. The van der Waals surface area contributed by atoms with E-state index in [1.165, 1.54) is 25.7 Å². The van der Waals surface area contributed by atoms with E-state index in [0.717, 1.165) is 45.7 Å². The van der Waals surface area contributed by atoms with Crippen LogP contribution in [-0.2, 0) is 4.74 Å². The van der Waals surface area contributed by atoms with Gasteiger partial charge in [0.05, 0.1) is 12.3 Å². The molecule has 0 saturated carbocycles. The van der Waals surface area contributed by atoms with Gasteiger partial charge < -0.3 is 14.4 Å². The number of nitrogens with one attached hydrogen (secondary N) is 1. The van der Waals surface area contributed by atoms with Gasteiger partial charge in [-0.1, -0.05) is 51.7 Å². The number of piperazine rings is 1. The van der Waals surface area contributed by atoms with Gasteiger partial charge in [0.25, 0.3) is 0 Å². The Labute approximate surface area is 170 Å². The molecule has 1 N–H and O–H groups in total. The number of likely N-dealkylation sites (N-methyl/N-ethyl adjacent to an activating group) is 1. The number of para-hydroxylation sites is 2. The second kappa shape index (κ2) is 13.4. The highest BCUT2D eigenvalue weighted by molar-refractivity contribution is 5.86. The number of carbonyl (C=O) groups is 1. The molecule has 1 aliphatic heterocycles. The molecular formula is C22H37N3O3. The van der Waals surface area contributed by atoms with Crippen LogP contribution in [0, 0.1) is 0 Å². The first-order valence-corrected chi connectivity index (χ1v) is 10.8. The first-order chi connectivity index (χ1) is 13.7. The van der Waals surface area contributed by atoms with Crippen molar-refractivity contribution in [3.8, 4) is 5.75 Å². The molecule has 2 rings (SSSR count). The van der Waals surface area contributed by atoms with Gasteiger partial charge in [-0.05, 0) is 25.1 Å². The summed E-state index contributed by atoms with van der Waals surface area (Å²) in [7, 11) is 0. The first kappa shape index (κ1) is 22.5. The Morgan fingerprint density at radius 1 is 0.964 bits per heavy atom. The molecule has 6 heteroatoms. The largest absolute Gasteiger partial charge is 0.491 e. The van der Waals surface area contributed by atoms with E-state index in [0.29, 0.717) is 24.7 Å². The molecule has 0 atom stereocenters. The Bertz CT molecular complexity index is 560. The zero-order valence-electron chi connectivity index (χ0n) is 17.6. The van der Waals surface area contributed by atoms with E-state index >= 15 is 0 Å². The fourth-order valence-corrected chi connectivity index (χ4v) is 3.33. The molecule has 0 radical (unpaired) electrons. The summed E-state index contributed by atoms with van der Waals surface area (Å²) in [6.45, 7) is 11.6. The van der Waals surface area contributed by atoms with Crippen molar-refractivity contribution in [2.45, 2.75) is 46.0 Å². The van der Waals surface area contributed by atoms with Gasteiger partial charge in [0, 0.05) is 32.7 Å². The van der Waals surface area contributed by atoms with E-state index in [4.69, 9.17) is 9.47 Å². The lowest BCUT2D eigenvalue weighted by Gasteiger charge is -2.33. The fourth-order valence-electron chi connectivity index (χ4n) is 3.33. The molecule has 0 spiro atoms. The van der Waals surface area contributed by atoms with Crippen molar-refractivity contribution >= 4 is 11.8 Å². The number of carbonyl (C=O) groups excluding carboxylic acids is 1. The monoisotopic (exact) mass is 391 g/mol. The molecule has 0 aromatic heterocycles. The van der Waals surface area contributed by atoms with Crippen LogP contribution >= 0.6 is 0 Å². The van der Waals surface area contributed by atoms with Gasteiger partial charge in [0.1, 0.15) is 12.4 Å². The maximum absolute atomic E-state index is 12.1. The molecule has 1 aliphatic rings. The summed E-state index contributed by atoms with van der Waals surface area (Å²) in [6, 6.07) is 7.53. The summed E-state index contributed by atoms with van der Waals surface area (Å²) >= 11 is 0. The molecule has 6 nitrogen and oxygen atoms in total. The maximum Gasteiger partial charge on any atom is 0.411 e. The molecule has 0 aliphatic carbocycles. The van der Waals surface area contributed by atoms with E-state index in [-0.39, 0.29) is 0 Å². The lowest BCUT2D eigenvalue weighted by atomic mass is 10.2. The highest BCUT2D eigenvalue weighted by Crippen LogP contribution is 2.24. The van der Waals surface area contributed by atoms with E-state index in [9.17, 15) is 4.79 Å². The van der Waals surface area contributed by atoms with Crippen molar-refractivity contribution in [3.05, 3.63) is 24.3 Å². The molecule has 0 bridgehead atoms. The minimum Gasteiger partial charge on any atom is -0.491 e. The Morgan fingerprint density at radius 2 is 1.68 bits per heavy atom. The van der Waals surface area contributed by atoms with Gasteiger partial charge in [0.2, 0.25) is 0 Å². The average molecular weight is 392 g/mol. The Morgan fingerprint density at radius 3 is 2.43 bits per heavy atom. The number of amides is 1. The number of nitrogens with zero attached hydrogens (tertiary/aromatic N) is 2. The number of hydrogen-bond donors (Lipinski definition) is 1. The minimum atomic E-state index is -0.425. The van der Waals surface area contributed by atoms with Gasteiger partial charge in [-0.3, -0.25) is 10.2 Å². The maximum atomic E-state index is 12.1. The number of hydrogen-bond acceptors (Lipinski definition) is 5. The molecule has 158 valence electrons. The van der Waals surface area contributed by atoms with E-state index in [1.807, 2.05) is 24.3 Å². The van der Waals surface area contributed by atoms with Crippen LogP contribution in [0.15, 0.2) is 24.3 Å². The van der Waals surface area contributed by atoms with Crippen LogP contribution in [-0.4, -0.2) is 68.4 Å². The standard InChI is InChI=1S/C22H37N3O3/c1-3-5-6-7-10-18-27-21-12-9-8-11-20(21)23-22(26)28-19-17-25-15-13-24(4-2)14-16-25/h8-9,11-12H,3-7,10,13-19H2,1-2H3,(H,23,26). The Hall–Kier alpha value is -1.79. The second-order valence-corrected chi connectivity index (χ2v) is 7.30. The number of rotatable bonds is 12. The third kappa shape index (κ3) is 8.48. The van der Waals surface area contributed by atoms with Crippen molar-refractivity contribution in [1.29, 1.82) is 0 Å². The normalized spacial score (nSPS) is 15.4. The quantitative estimate of drug-likeness (QED) is 0.541. The van der Waals surface area contributed by atoms with Crippen molar-refractivity contribution in [1.82, 2.24) is 9.80 Å². The number of benzene rings is 1. The summed E-state index contributed by atoms with van der Waals surface area (Å²) < 4.78 is 11.2. The SMILES string of the molecule is CCCCCCCOc1ccccc1NC(=O)OCCN1CCN(CC)CC1. The smallest absolute Gasteiger partial charge is 0.411 e. The molecule has 1 aromatic rings. The number of ether oxygens (including phenoxy) is 2. The van der Waals surface area contributed by atoms with Gasteiger partial charge >= 0.3 is 6.09 Å². The van der Waals surface area contributed by atoms with E-state index < -0.39 is 6.09 Å². The van der Waals surface area contributed by atoms with Gasteiger partial charge in [-0.2, -0.15) is 0 Å². The molecule has 1 heterocycles. The highest BCUT2D eigenvalue weighted by Gasteiger charge is 2.15. The molecule has 0 unspecified atom stereocenters. The number of anilines is 1. The molecule has 28 heavy (non-hydrogen) atoms.